The van der Waals surface area contributed by atoms with Gasteiger partial charge < -0.3 is 11.5 Å². The van der Waals surface area contributed by atoms with E-state index < -0.39 is 0 Å². The van der Waals surface area contributed by atoms with E-state index in [1.807, 2.05) is 0 Å². The lowest BCUT2D eigenvalue weighted by Gasteiger charge is -2.20. The lowest BCUT2D eigenvalue weighted by Crippen LogP contribution is -2.24. The predicted octanol–water partition coefficient (Wildman–Crippen LogP) is 2.33. The highest BCUT2D eigenvalue weighted by Crippen LogP contribution is 2.26. The Labute approximate surface area is 99.0 Å². The van der Waals surface area contributed by atoms with E-state index in [4.69, 9.17) is 11.5 Å². The van der Waals surface area contributed by atoms with Gasteiger partial charge in [-0.2, -0.15) is 0 Å². The van der Waals surface area contributed by atoms with Crippen LogP contribution in [-0.2, 0) is 0 Å². The normalized spacial score (nSPS) is 13.1. The van der Waals surface area contributed by atoms with E-state index in [1.54, 1.807) is 0 Å². The summed E-state index contributed by atoms with van der Waals surface area (Å²) in [6.45, 7) is 7.95. The van der Waals surface area contributed by atoms with E-state index in [1.165, 1.54) is 16.7 Å². The summed E-state index contributed by atoms with van der Waals surface area (Å²) < 4.78 is 0. The van der Waals surface area contributed by atoms with Gasteiger partial charge in [-0.15, -0.1) is 0 Å². The van der Waals surface area contributed by atoms with Gasteiger partial charge in [0, 0.05) is 0 Å². The molecule has 0 saturated heterocycles. The highest BCUT2D eigenvalue weighted by Gasteiger charge is 2.13. The van der Waals surface area contributed by atoms with Gasteiger partial charge in [0.15, 0.2) is 0 Å². The maximum absolute atomic E-state index is 5.70. The molecular formula is C14H24N2. The summed E-state index contributed by atoms with van der Waals surface area (Å²) in [7, 11) is 0. The molecule has 0 bridgehead atoms. The number of nitrogens with two attached hydrogens (primary N) is 2. The Morgan fingerprint density at radius 1 is 1.12 bits per heavy atom. The molecule has 1 aromatic carbocycles. The van der Waals surface area contributed by atoms with Crippen molar-refractivity contribution in [2.75, 3.05) is 13.1 Å². The number of hydrogen-bond acceptors (Lipinski definition) is 2. The van der Waals surface area contributed by atoms with Crippen LogP contribution in [-0.4, -0.2) is 13.1 Å². The minimum absolute atomic E-state index is 0.440. The van der Waals surface area contributed by atoms with Gasteiger partial charge in [-0.05, 0) is 56.3 Å². The zero-order valence-corrected chi connectivity index (χ0v) is 10.7. The lowest BCUT2D eigenvalue weighted by atomic mass is 9.87. The van der Waals surface area contributed by atoms with Crippen LogP contribution in [0.5, 0.6) is 0 Å². The molecule has 1 atom stereocenters. The van der Waals surface area contributed by atoms with E-state index >= 15 is 0 Å². The van der Waals surface area contributed by atoms with Gasteiger partial charge in [-0.25, -0.2) is 0 Å². The summed E-state index contributed by atoms with van der Waals surface area (Å²) in [4.78, 5) is 0. The van der Waals surface area contributed by atoms with E-state index in [0.717, 1.165) is 6.42 Å². The Bertz CT molecular complexity index is 330. The van der Waals surface area contributed by atoms with Crippen molar-refractivity contribution in [3.05, 3.63) is 34.9 Å². The fraction of sp³-hybridized carbons (Fsp3) is 0.571. The molecule has 0 fully saturated rings. The molecule has 1 aromatic rings. The van der Waals surface area contributed by atoms with Crippen LogP contribution in [0.1, 0.15) is 36.0 Å². The van der Waals surface area contributed by atoms with Crippen LogP contribution in [0.25, 0.3) is 0 Å². The van der Waals surface area contributed by atoms with Gasteiger partial charge in [0.05, 0.1) is 0 Å². The Balaban J connectivity index is 2.79. The lowest BCUT2D eigenvalue weighted by molar-refractivity contribution is 0.464. The number of hydrogen-bond donors (Lipinski definition) is 2. The van der Waals surface area contributed by atoms with Crippen LogP contribution in [0.15, 0.2) is 18.2 Å². The van der Waals surface area contributed by atoms with Crippen LogP contribution < -0.4 is 11.5 Å². The van der Waals surface area contributed by atoms with Gasteiger partial charge in [-0.3, -0.25) is 0 Å². The minimum Gasteiger partial charge on any atom is -0.330 e. The van der Waals surface area contributed by atoms with Crippen LogP contribution in [0, 0.1) is 19.8 Å². The molecule has 0 amide bonds. The van der Waals surface area contributed by atoms with Crippen molar-refractivity contribution in [2.45, 2.75) is 33.1 Å². The third-order valence-corrected chi connectivity index (χ3v) is 3.32. The molecule has 2 heteroatoms. The Morgan fingerprint density at radius 2 is 1.75 bits per heavy atom. The first-order chi connectivity index (χ1) is 7.58. The summed E-state index contributed by atoms with van der Waals surface area (Å²) in [5.74, 6) is 0.979. The first kappa shape index (κ1) is 13.2. The quantitative estimate of drug-likeness (QED) is 0.800. The maximum atomic E-state index is 5.70. The number of aryl methyl sites for hydroxylation is 2. The second-order valence-corrected chi connectivity index (χ2v) is 4.83. The molecule has 0 radical (unpaired) electrons. The first-order valence-electron chi connectivity index (χ1n) is 6.05. The van der Waals surface area contributed by atoms with Crippen LogP contribution in [0.3, 0.4) is 0 Å². The average molecular weight is 220 g/mol. The van der Waals surface area contributed by atoms with Gasteiger partial charge in [0.1, 0.15) is 0 Å². The van der Waals surface area contributed by atoms with Gasteiger partial charge >= 0.3 is 0 Å². The summed E-state index contributed by atoms with van der Waals surface area (Å²) in [6.07, 6.45) is 1.08. The molecular weight excluding hydrogens is 196 g/mol. The largest absolute Gasteiger partial charge is 0.330 e. The summed E-state index contributed by atoms with van der Waals surface area (Å²) in [5.41, 5.74) is 15.5. The van der Waals surface area contributed by atoms with Gasteiger partial charge in [-0.1, -0.05) is 30.7 Å². The zero-order chi connectivity index (χ0) is 12.1. The van der Waals surface area contributed by atoms with Crippen molar-refractivity contribution < 1.29 is 0 Å². The number of rotatable bonds is 5. The smallest absolute Gasteiger partial charge is 0.00366 e. The van der Waals surface area contributed by atoms with E-state index in [0.29, 0.717) is 24.9 Å². The van der Waals surface area contributed by atoms with Crippen LogP contribution >= 0.6 is 0 Å². The second-order valence-electron chi connectivity index (χ2n) is 4.83. The standard InChI is InChI=1S/C14H24N2/c1-10-4-5-11(2)14(6-10)12(3)7-13(8-15)9-16/h4-6,12-13H,7-9,15-16H2,1-3H3. The van der Waals surface area contributed by atoms with E-state index in [9.17, 15) is 0 Å². The molecule has 0 aliphatic carbocycles. The molecule has 1 unspecified atom stereocenters. The van der Waals surface area contributed by atoms with Crippen molar-refractivity contribution in [3.63, 3.8) is 0 Å². The number of benzene rings is 1. The van der Waals surface area contributed by atoms with Crippen LogP contribution in [0.4, 0.5) is 0 Å². The zero-order valence-electron chi connectivity index (χ0n) is 10.7. The van der Waals surface area contributed by atoms with Gasteiger partial charge in [0.25, 0.3) is 0 Å². The Hall–Kier alpha value is -0.860. The fourth-order valence-electron chi connectivity index (χ4n) is 2.21. The molecule has 90 valence electrons. The summed E-state index contributed by atoms with van der Waals surface area (Å²) in [5, 5.41) is 0. The summed E-state index contributed by atoms with van der Waals surface area (Å²) in [6, 6.07) is 6.64. The third-order valence-electron chi connectivity index (χ3n) is 3.32. The van der Waals surface area contributed by atoms with Crippen molar-refractivity contribution in [2.24, 2.45) is 17.4 Å². The molecule has 0 heterocycles. The molecule has 1 rings (SSSR count). The topological polar surface area (TPSA) is 52.0 Å². The highest BCUT2D eigenvalue weighted by atomic mass is 14.6. The second kappa shape index (κ2) is 6.02. The fourth-order valence-corrected chi connectivity index (χ4v) is 2.21. The summed E-state index contributed by atoms with van der Waals surface area (Å²) >= 11 is 0. The first-order valence-corrected chi connectivity index (χ1v) is 6.05. The predicted molar refractivity (Wildman–Crippen MR) is 70.5 cm³/mol. The average Bonchev–Trinajstić information content (AvgIpc) is 2.28. The van der Waals surface area contributed by atoms with Gasteiger partial charge in [0.2, 0.25) is 0 Å². The third kappa shape index (κ3) is 3.32. The van der Waals surface area contributed by atoms with Crippen molar-refractivity contribution in [1.82, 2.24) is 0 Å². The van der Waals surface area contributed by atoms with E-state index in [-0.39, 0.29) is 0 Å². The molecule has 0 aromatic heterocycles. The monoisotopic (exact) mass is 220 g/mol. The molecule has 2 nitrogen and oxygen atoms in total. The van der Waals surface area contributed by atoms with E-state index in [2.05, 4.69) is 39.0 Å². The minimum atomic E-state index is 0.440. The Morgan fingerprint density at radius 3 is 2.31 bits per heavy atom. The molecule has 16 heavy (non-hydrogen) atoms. The Kier molecular flexibility index (Phi) is 4.97. The molecule has 0 aliphatic heterocycles. The van der Waals surface area contributed by atoms with Crippen molar-refractivity contribution in [1.29, 1.82) is 0 Å². The molecule has 0 aliphatic rings. The highest BCUT2D eigenvalue weighted by molar-refractivity contribution is 5.33. The SMILES string of the molecule is Cc1ccc(C)c(C(C)CC(CN)CN)c1. The van der Waals surface area contributed by atoms with Crippen molar-refractivity contribution >= 4 is 0 Å². The molecule has 0 spiro atoms. The van der Waals surface area contributed by atoms with Crippen molar-refractivity contribution in [3.8, 4) is 0 Å². The molecule has 4 N–H and O–H groups in total. The molecule has 0 saturated carbocycles. The van der Waals surface area contributed by atoms with Crippen LogP contribution in [0.2, 0.25) is 0 Å². The maximum Gasteiger partial charge on any atom is -0.00366 e.